The largest absolute Gasteiger partial charge is 0.0622 e. The van der Waals surface area contributed by atoms with Gasteiger partial charge in [0.15, 0.2) is 0 Å². The van der Waals surface area contributed by atoms with Gasteiger partial charge in [-0.05, 0) is 99.8 Å². The Hall–Kier alpha value is -4.94. The molecule has 0 fully saturated rings. The molecular weight excluding hydrogens is 504 g/mol. The Balaban J connectivity index is 1.65. The number of fused-ring (bicyclic) bond motifs is 2. The lowest BCUT2D eigenvalue weighted by Gasteiger charge is -2.20. The smallest absolute Gasteiger partial charge is 0.00201 e. The minimum absolute atomic E-state index is 1.23. The van der Waals surface area contributed by atoms with Gasteiger partial charge in [0.25, 0.3) is 0 Å². The third-order valence-electron chi connectivity index (χ3n) is 8.39. The van der Waals surface area contributed by atoms with Gasteiger partial charge in [-0.2, -0.15) is 0 Å². The Morgan fingerprint density at radius 1 is 0.286 bits per heavy atom. The number of hydrogen-bond donors (Lipinski definition) is 0. The maximum atomic E-state index is 2.44. The maximum absolute atomic E-state index is 2.44. The standard InChI is InChI=1S/C42H34/c1-27-20-28(2)23-32(22-27)35-16-10-18-38-40(35)26-41-36(33-24-29(3)21-30(4)25-33)17-11-19-39(41)42(38)37-15-9-8-14-34(37)31-12-6-5-7-13-31/h5-26H,1-4H3. The van der Waals surface area contributed by atoms with Crippen LogP contribution in [0.3, 0.4) is 0 Å². The van der Waals surface area contributed by atoms with Crippen LogP contribution in [0.1, 0.15) is 22.3 Å². The molecule has 0 aliphatic heterocycles. The van der Waals surface area contributed by atoms with Crippen molar-refractivity contribution < 1.29 is 0 Å². The van der Waals surface area contributed by atoms with E-state index in [0.29, 0.717) is 0 Å². The van der Waals surface area contributed by atoms with Gasteiger partial charge < -0.3 is 0 Å². The van der Waals surface area contributed by atoms with E-state index >= 15 is 0 Å². The molecule has 0 saturated heterocycles. The molecule has 0 heteroatoms. The fraction of sp³-hybridized carbons (Fsp3) is 0.0952. The van der Waals surface area contributed by atoms with E-state index in [1.807, 2.05) is 0 Å². The molecule has 0 unspecified atom stereocenters. The van der Waals surface area contributed by atoms with Gasteiger partial charge in [0.05, 0.1) is 0 Å². The summed E-state index contributed by atoms with van der Waals surface area (Å²) < 4.78 is 0. The maximum Gasteiger partial charge on any atom is -0.00201 e. The monoisotopic (exact) mass is 538 g/mol. The molecule has 0 aliphatic rings. The van der Waals surface area contributed by atoms with Crippen LogP contribution in [0.2, 0.25) is 0 Å². The molecule has 0 atom stereocenters. The molecule has 0 N–H and O–H groups in total. The Morgan fingerprint density at radius 3 is 1.21 bits per heavy atom. The summed E-state index contributed by atoms with van der Waals surface area (Å²) in [5.74, 6) is 0. The van der Waals surface area contributed by atoms with E-state index in [1.165, 1.54) is 88.3 Å². The molecule has 202 valence electrons. The number of benzene rings is 7. The van der Waals surface area contributed by atoms with Crippen LogP contribution in [0.5, 0.6) is 0 Å². The molecule has 0 aliphatic carbocycles. The van der Waals surface area contributed by atoms with Gasteiger partial charge >= 0.3 is 0 Å². The van der Waals surface area contributed by atoms with E-state index in [0.717, 1.165) is 0 Å². The van der Waals surface area contributed by atoms with E-state index in [4.69, 9.17) is 0 Å². The van der Waals surface area contributed by atoms with E-state index in [2.05, 4.69) is 161 Å². The highest BCUT2D eigenvalue weighted by Gasteiger charge is 2.18. The van der Waals surface area contributed by atoms with Crippen molar-refractivity contribution in [3.63, 3.8) is 0 Å². The molecular formula is C42H34. The molecule has 7 rings (SSSR count). The second kappa shape index (κ2) is 10.5. The fourth-order valence-corrected chi connectivity index (χ4v) is 6.79. The zero-order valence-corrected chi connectivity index (χ0v) is 24.7. The normalized spacial score (nSPS) is 11.3. The molecule has 0 aromatic heterocycles. The number of aryl methyl sites for hydroxylation is 4. The topological polar surface area (TPSA) is 0 Å². The second-order valence-corrected chi connectivity index (χ2v) is 11.7. The first-order valence-corrected chi connectivity index (χ1v) is 14.8. The number of hydrogen-bond acceptors (Lipinski definition) is 0. The van der Waals surface area contributed by atoms with Crippen molar-refractivity contribution in [1.82, 2.24) is 0 Å². The summed E-state index contributed by atoms with van der Waals surface area (Å²) in [6.45, 7) is 8.76. The summed E-state index contributed by atoms with van der Waals surface area (Å²) in [4.78, 5) is 0. The minimum Gasteiger partial charge on any atom is -0.0622 e. The molecule has 0 amide bonds. The fourth-order valence-electron chi connectivity index (χ4n) is 6.79. The minimum atomic E-state index is 1.23. The van der Waals surface area contributed by atoms with Gasteiger partial charge in [-0.15, -0.1) is 0 Å². The predicted molar refractivity (Wildman–Crippen MR) is 182 cm³/mol. The van der Waals surface area contributed by atoms with E-state index < -0.39 is 0 Å². The quantitative estimate of drug-likeness (QED) is 0.196. The van der Waals surface area contributed by atoms with E-state index in [9.17, 15) is 0 Å². The van der Waals surface area contributed by atoms with Crippen LogP contribution < -0.4 is 0 Å². The molecule has 7 aromatic carbocycles. The van der Waals surface area contributed by atoms with Crippen LogP contribution in [-0.2, 0) is 0 Å². The Labute approximate surface area is 248 Å². The molecule has 0 bridgehead atoms. The summed E-state index contributed by atoms with van der Waals surface area (Å²) in [5.41, 5.74) is 15.3. The van der Waals surface area contributed by atoms with Crippen molar-refractivity contribution in [2.75, 3.05) is 0 Å². The van der Waals surface area contributed by atoms with Gasteiger partial charge in [0.1, 0.15) is 0 Å². The van der Waals surface area contributed by atoms with Crippen molar-refractivity contribution in [1.29, 1.82) is 0 Å². The zero-order valence-electron chi connectivity index (χ0n) is 24.7. The third kappa shape index (κ3) is 4.60. The Bertz CT molecular complexity index is 1960. The van der Waals surface area contributed by atoms with Crippen molar-refractivity contribution in [3.8, 4) is 44.5 Å². The number of rotatable bonds is 4. The van der Waals surface area contributed by atoms with Crippen molar-refractivity contribution >= 4 is 21.5 Å². The molecule has 0 radical (unpaired) electrons. The Kier molecular flexibility index (Phi) is 6.48. The van der Waals surface area contributed by atoms with Crippen molar-refractivity contribution in [2.24, 2.45) is 0 Å². The van der Waals surface area contributed by atoms with Crippen LogP contribution in [0, 0.1) is 27.7 Å². The van der Waals surface area contributed by atoms with Gasteiger partial charge in [-0.25, -0.2) is 0 Å². The molecule has 7 aromatic rings. The molecule has 42 heavy (non-hydrogen) atoms. The zero-order chi connectivity index (χ0) is 28.8. The SMILES string of the molecule is Cc1cc(C)cc(-c2cccc3c(-c4ccccc4-c4ccccc4)c4cccc(-c5cc(C)cc(C)c5)c4cc23)c1. The third-order valence-corrected chi connectivity index (χ3v) is 8.39. The average Bonchev–Trinajstić information content (AvgIpc) is 2.99. The summed E-state index contributed by atoms with van der Waals surface area (Å²) in [7, 11) is 0. The lowest BCUT2D eigenvalue weighted by Crippen LogP contribution is -1.93. The highest BCUT2D eigenvalue weighted by molar-refractivity contribution is 6.20. The van der Waals surface area contributed by atoms with Gasteiger partial charge in [-0.1, -0.05) is 150 Å². The lowest BCUT2D eigenvalue weighted by atomic mass is 9.84. The first-order chi connectivity index (χ1) is 20.5. The van der Waals surface area contributed by atoms with Crippen LogP contribution in [-0.4, -0.2) is 0 Å². The highest BCUT2D eigenvalue weighted by atomic mass is 14.2. The highest BCUT2D eigenvalue weighted by Crippen LogP contribution is 2.45. The molecule has 0 spiro atoms. The summed E-state index contributed by atoms with van der Waals surface area (Å²) in [6, 6.07) is 49.5. The van der Waals surface area contributed by atoms with E-state index in [1.54, 1.807) is 0 Å². The van der Waals surface area contributed by atoms with Crippen molar-refractivity contribution in [3.05, 3.63) is 156 Å². The molecule has 0 nitrogen and oxygen atoms in total. The lowest BCUT2D eigenvalue weighted by molar-refractivity contribution is 1.39. The molecule has 0 saturated carbocycles. The summed E-state index contributed by atoms with van der Waals surface area (Å²) in [6.07, 6.45) is 0. The average molecular weight is 539 g/mol. The van der Waals surface area contributed by atoms with Crippen LogP contribution >= 0.6 is 0 Å². The van der Waals surface area contributed by atoms with Crippen LogP contribution in [0.25, 0.3) is 66.1 Å². The molecule has 0 heterocycles. The van der Waals surface area contributed by atoms with Crippen LogP contribution in [0.4, 0.5) is 0 Å². The van der Waals surface area contributed by atoms with Gasteiger partial charge in [-0.3, -0.25) is 0 Å². The van der Waals surface area contributed by atoms with Gasteiger partial charge in [0.2, 0.25) is 0 Å². The van der Waals surface area contributed by atoms with Crippen molar-refractivity contribution in [2.45, 2.75) is 27.7 Å². The second-order valence-electron chi connectivity index (χ2n) is 11.7. The summed E-state index contributed by atoms with van der Waals surface area (Å²) in [5, 5.41) is 5.12. The first-order valence-electron chi connectivity index (χ1n) is 14.8. The van der Waals surface area contributed by atoms with Crippen LogP contribution in [0.15, 0.2) is 133 Å². The summed E-state index contributed by atoms with van der Waals surface area (Å²) >= 11 is 0. The predicted octanol–water partition coefficient (Wildman–Crippen LogP) is 11.9. The van der Waals surface area contributed by atoms with Gasteiger partial charge in [0, 0.05) is 0 Å². The first kappa shape index (κ1) is 26.0. The van der Waals surface area contributed by atoms with E-state index in [-0.39, 0.29) is 0 Å². The Morgan fingerprint density at radius 2 is 0.714 bits per heavy atom.